The molecule has 5 atom stereocenters. The first-order valence-electron chi connectivity index (χ1n) is 8.84. The highest BCUT2D eigenvalue weighted by molar-refractivity contribution is 7.90. The lowest BCUT2D eigenvalue weighted by Gasteiger charge is -2.37. The van der Waals surface area contributed by atoms with Crippen molar-refractivity contribution in [3.05, 3.63) is 0 Å². The Bertz CT molecular complexity index is 665. The Morgan fingerprint density at radius 3 is 2.50 bits per heavy atom. The summed E-state index contributed by atoms with van der Waals surface area (Å²) in [4.78, 5) is 12.9. The average molecular weight is 323 g/mol. The molecule has 5 aliphatic rings. The Balaban J connectivity index is 1.50. The van der Waals surface area contributed by atoms with Crippen LogP contribution in [0.1, 0.15) is 52.4 Å². The number of amides is 1. The van der Waals surface area contributed by atoms with Crippen molar-refractivity contribution in [1.29, 1.82) is 0 Å². The van der Waals surface area contributed by atoms with Crippen molar-refractivity contribution in [2.45, 2.75) is 58.4 Å². The van der Waals surface area contributed by atoms with Gasteiger partial charge in [0.1, 0.15) is 0 Å². The van der Waals surface area contributed by atoms with Gasteiger partial charge in [-0.25, -0.2) is 12.7 Å². The molecule has 0 aromatic carbocycles. The zero-order valence-electron chi connectivity index (χ0n) is 13.4. The average Bonchev–Trinajstić information content (AvgIpc) is 3.30. The second-order valence-electron chi connectivity index (χ2n) is 9.10. The monoisotopic (exact) mass is 323 g/mol. The summed E-state index contributed by atoms with van der Waals surface area (Å²) in [5, 5.41) is 0. The molecule has 0 unspecified atom stereocenters. The lowest BCUT2D eigenvalue weighted by atomic mass is 9.69. The maximum atomic E-state index is 12.9. The first-order valence-corrected chi connectivity index (χ1v) is 10.4. The van der Waals surface area contributed by atoms with Gasteiger partial charge < -0.3 is 0 Å². The molecule has 5 fully saturated rings. The van der Waals surface area contributed by atoms with Crippen LogP contribution >= 0.6 is 0 Å². The highest BCUT2D eigenvalue weighted by atomic mass is 32.2. The molecule has 0 radical (unpaired) electrons. The van der Waals surface area contributed by atoms with Crippen LogP contribution in [0.15, 0.2) is 0 Å². The van der Waals surface area contributed by atoms with Crippen LogP contribution in [0.2, 0.25) is 0 Å². The zero-order valence-corrected chi connectivity index (χ0v) is 14.2. The smallest absolute Gasteiger partial charge is 0.239 e. The van der Waals surface area contributed by atoms with Crippen LogP contribution < -0.4 is 0 Å². The molecule has 122 valence electrons. The predicted molar refractivity (Wildman–Crippen MR) is 82.3 cm³/mol. The van der Waals surface area contributed by atoms with Gasteiger partial charge in [0.25, 0.3) is 0 Å². The van der Waals surface area contributed by atoms with Gasteiger partial charge in [-0.1, -0.05) is 13.8 Å². The van der Waals surface area contributed by atoms with E-state index in [0.717, 1.165) is 25.7 Å². The predicted octanol–water partition coefficient (Wildman–Crippen LogP) is 2.40. The van der Waals surface area contributed by atoms with Gasteiger partial charge in [0.15, 0.2) is 0 Å². The summed E-state index contributed by atoms with van der Waals surface area (Å²) in [6.07, 6.45) is 6.43. The van der Waals surface area contributed by atoms with Crippen molar-refractivity contribution < 1.29 is 13.2 Å². The van der Waals surface area contributed by atoms with E-state index >= 15 is 0 Å². The third-order valence-electron chi connectivity index (χ3n) is 8.01. The highest BCUT2D eigenvalue weighted by Crippen LogP contribution is 2.70. The highest BCUT2D eigenvalue weighted by Gasteiger charge is 2.73. The Hall–Kier alpha value is -0.580. The first kappa shape index (κ1) is 13.8. The van der Waals surface area contributed by atoms with Crippen LogP contribution in [0.4, 0.5) is 0 Å². The van der Waals surface area contributed by atoms with Gasteiger partial charge in [0, 0.05) is 11.3 Å². The van der Waals surface area contributed by atoms with E-state index in [1.807, 2.05) is 0 Å². The number of hydrogen-bond acceptors (Lipinski definition) is 3. The Morgan fingerprint density at radius 2 is 1.86 bits per heavy atom. The normalized spacial score (nSPS) is 50.2. The van der Waals surface area contributed by atoms with Crippen LogP contribution in [0, 0.1) is 34.5 Å². The number of rotatable bonds is 2. The minimum Gasteiger partial charge on any atom is -0.273 e. The minimum atomic E-state index is -3.41. The first-order chi connectivity index (χ1) is 10.3. The summed E-state index contributed by atoms with van der Waals surface area (Å²) in [5.74, 6) is 1.96. The fourth-order valence-corrected chi connectivity index (χ4v) is 8.87. The lowest BCUT2D eigenvalue weighted by Crippen LogP contribution is -2.44. The van der Waals surface area contributed by atoms with E-state index in [4.69, 9.17) is 0 Å². The molecule has 0 aromatic heterocycles. The van der Waals surface area contributed by atoms with Gasteiger partial charge in [0.2, 0.25) is 15.9 Å². The SMILES string of the molecule is CC1(C)[C@@H]2CC[C@]13CS(=O)(=O)N(C(=O)[C@@H]1C[C@@H]1C1CC1)[C@@H]3C2. The van der Waals surface area contributed by atoms with E-state index in [-0.39, 0.29) is 34.4 Å². The molecule has 1 aliphatic heterocycles. The van der Waals surface area contributed by atoms with Crippen LogP contribution in [-0.4, -0.2) is 30.4 Å². The standard InChI is InChI=1S/C17H25NO3S/c1-16(2)11-5-6-17(16)9-22(20,21)18(14(17)7-11)15(19)13-8-12(13)10-3-4-10/h10-14H,3-9H2,1-2H3/t11-,12-,13-,14-,17-/m1/s1. The number of sulfonamides is 1. The molecule has 5 heteroatoms. The summed E-state index contributed by atoms with van der Waals surface area (Å²) in [7, 11) is -3.41. The van der Waals surface area contributed by atoms with Gasteiger partial charge in [-0.2, -0.15) is 0 Å². The molecule has 1 spiro atoms. The van der Waals surface area contributed by atoms with Crippen LogP contribution in [0.3, 0.4) is 0 Å². The van der Waals surface area contributed by atoms with Crippen LogP contribution in [0.5, 0.6) is 0 Å². The van der Waals surface area contributed by atoms with Crippen molar-refractivity contribution in [3.63, 3.8) is 0 Å². The van der Waals surface area contributed by atoms with Gasteiger partial charge in [-0.15, -0.1) is 0 Å². The topological polar surface area (TPSA) is 54.5 Å². The molecule has 0 aromatic rings. The summed E-state index contributed by atoms with van der Waals surface area (Å²) in [5.41, 5.74) is -0.116. The van der Waals surface area contributed by atoms with Gasteiger partial charge in [-0.05, 0) is 61.7 Å². The second-order valence-corrected chi connectivity index (χ2v) is 10.9. The zero-order chi connectivity index (χ0) is 15.5. The number of carbonyl (C=O) groups excluding carboxylic acids is 1. The van der Waals surface area contributed by atoms with Gasteiger partial charge >= 0.3 is 0 Å². The molecule has 1 heterocycles. The summed E-state index contributed by atoms with van der Waals surface area (Å²) < 4.78 is 27.0. The molecule has 4 nitrogen and oxygen atoms in total. The second kappa shape index (κ2) is 3.73. The number of fused-ring (bicyclic) bond motifs is 1. The van der Waals surface area contributed by atoms with E-state index < -0.39 is 10.0 Å². The van der Waals surface area contributed by atoms with Crippen LogP contribution in [0.25, 0.3) is 0 Å². The largest absolute Gasteiger partial charge is 0.273 e. The summed E-state index contributed by atoms with van der Waals surface area (Å²) in [6.45, 7) is 4.47. The Morgan fingerprint density at radius 1 is 1.14 bits per heavy atom. The molecule has 0 N–H and O–H groups in total. The Labute approximate surface area is 132 Å². The molecule has 1 amide bonds. The van der Waals surface area contributed by atoms with Crippen molar-refractivity contribution in [3.8, 4) is 0 Å². The van der Waals surface area contributed by atoms with Crippen LogP contribution in [-0.2, 0) is 14.8 Å². The number of hydrogen-bond donors (Lipinski definition) is 0. The number of nitrogens with zero attached hydrogens (tertiary/aromatic N) is 1. The van der Waals surface area contributed by atoms with Crippen molar-refractivity contribution in [2.75, 3.05) is 5.75 Å². The van der Waals surface area contributed by atoms with Gasteiger partial charge in [0.05, 0.1) is 11.8 Å². The molecule has 5 rings (SSSR count). The van der Waals surface area contributed by atoms with Gasteiger partial charge in [-0.3, -0.25) is 4.79 Å². The summed E-state index contributed by atoms with van der Waals surface area (Å²) >= 11 is 0. The Kier molecular flexibility index (Phi) is 2.35. The molecule has 2 bridgehead atoms. The maximum absolute atomic E-state index is 12.9. The quantitative estimate of drug-likeness (QED) is 0.784. The molecular formula is C17H25NO3S. The third kappa shape index (κ3) is 1.45. The van der Waals surface area contributed by atoms with Crippen molar-refractivity contribution in [1.82, 2.24) is 4.31 Å². The molecule has 22 heavy (non-hydrogen) atoms. The lowest BCUT2D eigenvalue weighted by molar-refractivity contribution is -0.130. The van der Waals surface area contributed by atoms with Crippen molar-refractivity contribution in [2.24, 2.45) is 34.5 Å². The van der Waals surface area contributed by atoms with Crippen molar-refractivity contribution >= 4 is 15.9 Å². The molecular weight excluding hydrogens is 298 g/mol. The minimum absolute atomic E-state index is 0.0136. The molecule has 4 saturated carbocycles. The van der Waals surface area contributed by atoms with E-state index in [2.05, 4.69) is 13.8 Å². The fourth-order valence-electron chi connectivity index (χ4n) is 6.29. The number of carbonyl (C=O) groups is 1. The molecule has 4 aliphatic carbocycles. The van der Waals surface area contributed by atoms with E-state index in [9.17, 15) is 13.2 Å². The fraction of sp³-hybridized carbons (Fsp3) is 0.941. The summed E-state index contributed by atoms with van der Waals surface area (Å²) in [6, 6.07) is -0.0424. The van der Waals surface area contributed by atoms with E-state index in [0.29, 0.717) is 17.8 Å². The van der Waals surface area contributed by atoms with E-state index in [1.165, 1.54) is 17.1 Å². The third-order valence-corrected chi connectivity index (χ3v) is 9.93. The maximum Gasteiger partial charge on any atom is 0.239 e. The van der Waals surface area contributed by atoms with E-state index in [1.54, 1.807) is 0 Å². The molecule has 1 saturated heterocycles.